The van der Waals surface area contributed by atoms with E-state index in [1.165, 1.54) is 23.1 Å². The Balaban J connectivity index is 1.65. The summed E-state index contributed by atoms with van der Waals surface area (Å²) in [5.41, 5.74) is 9.47. The van der Waals surface area contributed by atoms with Crippen molar-refractivity contribution in [2.45, 2.75) is 10.8 Å². The summed E-state index contributed by atoms with van der Waals surface area (Å²) < 4.78 is 0. The third-order valence-electron chi connectivity index (χ3n) is 4.37. The molecular formula is C22H13ClN6S2. The van der Waals surface area contributed by atoms with Crippen molar-refractivity contribution in [3.8, 4) is 33.8 Å². The van der Waals surface area contributed by atoms with Crippen molar-refractivity contribution in [2.24, 2.45) is 0 Å². The minimum absolute atomic E-state index is 0.0861. The Kier molecular flexibility index (Phi) is 6.15. The highest BCUT2D eigenvalue weighted by Gasteiger charge is 2.21. The van der Waals surface area contributed by atoms with Crippen LogP contribution in [0.2, 0.25) is 5.02 Å². The molecule has 0 aliphatic carbocycles. The number of benzene rings is 1. The van der Waals surface area contributed by atoms with E-state index in [-0.39, 0.29) is 11.4 Å². The molecule has 9 heteroatoms. The molecule has 0 atom stereocenters. The van der Waals surface area contributed by atoms with E-state index in [1.807, 2.05) is 29.6 Å². The van der Waals surface area contributed by atoms with Gasteiger partial charge in [0.2, 0.25) is 0 Å². The minimum Gasteiger partial charge on any atom is -0.383 e. The highest BCUT2D eigenvalue weighted by atomic mass is 35.5. The maximum atomic E-state index is 9.85. The van der Waals surface area contributed by atoms with Crippen LogP contribution in [0.3, 0.4) is 0 Å². The van der Waals surface area contributed by atoms with E-state index in [9.17, 15) is 10.5 Å². The number of nitrogen functional groups attached to an aromatic ring is 1. The number of aromatic nitrogens is 3. The van der Waals surface area contributed by atoms with Crippen LogP contribution in [0.5, 0.6) is 0 Å². The number of thiazole rings is 1. The Bertz CT molecular complexity index is 1320. The summed E-state index contributed by atoms with van der Waals surface area (Å²) in [6, 6.07) is 15.3. The van der Waals surface area contributed by atoms with E-state index in [1.54, 1.807) is 24.5 Å². The van der Waals surface area contributed by atoms with Gasteiger partial charge in [0, 0.05) is 45.2 Å². The Morgan fingerprint density at radius 3 is 2.48 bits per heavy atom. The van der Waals surface area contributed by atoms with Crippen LogP contribution in [-0.2, 0) is 5.75 Å². The summed E-state index contributed by atoms with van der Waals surface area (Å²) in [6.07, 6.45) is 3.23. The number of pyridine rings is 2. The van der Waals surface area contributed by atoms with Gasteiger partial charge in [-0.1, -0.05) is 41.6 Å². The summed E-state index contributed by atoms with van der Waals surface area (Å²) in [6.45, 7) is 0. The maximum Gasteiger partial charge on any atom is 0.143 e. The molecule has 0 radical (unpaired) electrons. The van der Waals surface area contributed by atoms with Crippen molar-refractivity contribution < 1.29 is 0 Å². The standard InChI is InChI=1S/C22H13ClN6S2/c23-15-5-3-13(4-6-15)21-28-16(11-30-21)12-31-22-18(9-25)19(14-2-1-7-27-10-14)17(8-24)20(26)29-22/h1-7,10-11H,12H2,(H2,26,29). The Morgan fingerprint density at radius 1 is 1.03 bits per heavy atom. The van der Waals surface area contributed by atoms with Crippen LogP contribution in [0.25, 0.3) is 21.7 Å². The van der Waals surface area contributed by atoms with Gasteiger partial charge in [-0.15, -0.1) is 11.3 Å². The molecule has 0 saturated carbocycles. The third kappa shape index (κ3) is 4.37. The number of halogens is 1. The van der Waals surface area contributed by atoms with Crippen LogP contribution in [0, 0.1) is 22.7 Å². The summed E-state index contributed by atoms with van der Waals surface area (Å²) in [4.78, 5) is 13.1. The molecule has 0 unspecified atom stereocenters. The molecular weight excluding hydrogens is 448 g/mol. The molecule has 1 aromatic carbocycles. The van der Waals surface area contributed by atoms with Gasteiger partial charge in [0.25, 0.3) is 0 Å². The van der Waals surface area contributed by atoms with Crippen molar-refractivity contribution in [2.75, 3.05) is 5.73 Å². The Labute approximate surface area is 192 Å². The number of nitrogens with two attached hydrogens (primary N) is 1. The lowest BCUT2D eigenvalue weighted by molar-refractivity contribution is 1.11. The fraction of sp³-hybridized carbons (Fsp3) is 0.0455. The van der Waals surface area contributed by atoms with Crippen molar-refractivity contribution in [3.05, 3.63) is 76.0 Å². The lowest BCUT2D eigenvalue weighted by Crippen LogP contribution is -2.03. The Morgan fingerprint density at radius 2 is 1.81 bits per heavy atom. The Hall–Kier alpha value is -3.43. The summed E-state index contributed by atoms with van der Waals surface area (Å²) in [5, 5.41) is 23.4. The van der Waals surface area contributed by atoms with E-state index in [0.29, 0.717) is 32.5 Å². The monoisotopic (exact) mass is 460 g/mol. The minimum atomic E-state index is 0.0861. The second kappa shape index (κ2) is 9.15. The molecule has 0 amide bonds. The molecule has 2 N–H and O–H groups in total. The second-order valence-corrected chi connectivity index (χ2v) is 8.59. The van der Waals surface area contributed by atoms with Gasteiger partial charge in [-0.05, 0) is 18.2 Å². The lowest BCUT2D eigenvalue weighted by Gasteiger charge is -2.12. The molecule has 4 aromatic rings. The van der Waals surface area contributed by atoms with Crippen LogP contribution in [-0.4, -0.2) is 15.0 Å². The number of nitrogens with zero attached hydrogens (tertiary/aromatic N) is 5. The van der Waals surface area contributed by atoms with Crippen LogP contribution in [0.15, 0.2) is 59.2 Å². The fourth-order valence-electron chi connectivity index (χ4n) is 2.94. The van der Waals surface area contributed by atoms with Crippen LogP contribution in [0.1, 0.15) is 16.8 Å². The first-order valence-corrected chi connectivity index (χ1v) is 11.2. The smallest absolute Gasteiger partial charge is 0.143 e. The first kappa shape index (κ1) is 20.8. The first-order valence-electron chi connectivity index (χ1n) is 8.98. The molecule has 0 bridgehead atoms. The fourth-order valence-corrected chi connectivity index (χ4v) is 4.89. The van der Waals surface area contributed by atoms with Gasteiger partial charge < -0.3 is 5.73 Å². The number of nitriles is 2. The quantitative estimate of drug-likeness (QED) is 0.389. The number of thioether (sulfide) groups is 1. The van der Waals surface area contributed by atoms with Crippen LogP contribution < -0.4 is 5.73 Å². The normalized spacial score (nSPS) is 10.4. The van der Waals surface area contributed by atoms with E-state index in [4.69, 9.17) is 17.3 Å². The zero-order chi connectivity index (χ0) is 21.8. The maximum absolute atomic E-state index is 9.85. The van der Waals surface area contributed by atoms with E-state index in [2.05, 4.69) is 27.1 Å². The predicted octanol–water partition coefficient (Wildman–Crippen LogP) is 5.54. The van der Waals surface area contributed by atoms with Crippen molar-refractivity contribution in [1.29, 1.82) is 10.5 Å². The average Bonchev–Trinajstić information content (AvgIpc) is 3.27. The second-order valence-electron chi connectivity index (χ2n) is 6.33. The highest BCUT2D eigenvalue weighted by Crippen LogP contribution is 2.36. The molecule has 0 aliphatic heterocycles. The zero-order valence-electron chi connectivity index (χ0n) is 15.9. The third-order valence-corrected chi connectivity index (χ3v) is 6.57. The SMILES string of the molecule is N#Cc1c(N)nc(SCc2csc(-c3ccc(Cl)cc3)n2)c(C#N)c1-c1cccnc1. The average molecular weight is 461 g/mol. The van der Waals surface area contributed by atoms with Gasteiger partial charge in [0.1, 0.15) is 33.6 Å². The lowest BCUT2D eigenvalue weighted by atomic mass is 9.98. The van der Waals surface area contributed by atoms with Crippen molar-refractivity contribution in [1.82, 2.24) is 15.0 Å². The molecule has 4 rings (SSSR count). The van der Waals surface area contributed by atoms with Crippen molar-refractivity contribution in [3.63, 3.8) is 0 Å². The van der Waals surface area contributed by atoms with Gasteiger partial charge in [0.05, 0.1) is 11.3 Å². The number of anilines is 1. The van der Waals surface area contributed by atoms with Gasteiger partial charge in [-0.2, -0.15) is 10.5 Å². The topological polar surface area (TPSA) is 112 Å². The van der Waals surface area contributed by atoms with Crippen LogP contribution in [0.4, 0.5) is 5.82 Å². The molecule has 3 aromatic heterocycles. The summed E-state index contributed by atoms with van der Waals surface area (Å²) >= 11 is 8.85. The van der Waals surface area contributed by atoms with Gasteiger partial charge in [-0.25, -0.2) is 9.97 Å². The van der Waals surface area contributed by atoms with Gasteiger partial charge in [0.15, 0.2) is 0 Å². The number of hydrogen-bond acceptors (Lipinski definition) is 8. The molecule has 31 heavy (non-hydrogen) atoms. The molecule has 0 aliphatic rings. The molecule has 0 spiro atoms. The van der Waals surface area contributed by atoms with Gasteiger partial charge >= 0.3 is 0 Å². The largest absolute Gasteiger partial charge is 0.383 e. The highest BCUT2D eigenvalue weighted by molar-refractivity contribution is 7.98. The predicted molar refractivity (Wildman–Crippen MR) is 123 cm³/mol. The first-order chi connectivity index (χ1) is 15.1. The number of hydrogen-bond donors (Lipinski definition) is 1. The van der Waals surface area contributed by atoms with Gasteiger partial charge in [-0.3, -0.25) is 4.98 Å². The molecule has 6 nitrogen and oxygen atoms in total. The number of rotatable bonds is 5. The van der Waals surface area contributed by atoms with Crippen LogP contribution >= 0.6 is 34.7 Å². The summed E-state index contributed by atoms with van der Waals surface area (Å²) in [7, 11) is 0. The molecule has 0 fully saturated rings. The zero-order valence-corrected chi connectivity index (χ0v) is 18.3. The summed E-state index contributed by atoms with van der Waals surface area (Å²) in [5.74, 6) is 0.590. The molecule has 0 saturated heterocycles. The molecule has 3 heterocycles. The molecule has 150 valence electrons. The van der Waals surface area contributed by atoms with Crippen molar-refractivity contribution >= 4 is 40.5 Å². The van der Waals surface area contributed by atoms with E-state index in [0.717, 1.165) is 16.3 Å². The van der Waals surface area contributed by atoms with E-state index < -0.39 is 0 Å². The van der Waals surface area contributed by atoms with E-state index >= 15 is 0 Å².